The van der Waals surface area contributed by atoms with E-state index < -0.39 is 12.2 Å². The van der Waals surface area contributed by atoms with Crippen molar-refractivity contribution < 1.29 is 10.2 Å². The minimum absolute atomic E-state index is 0.425. The van der Waals surface area contributed by atoms with Crippen molar-refractivity contribution in [2.24, 2.45) is 0 Å². The summed E-state index contributed by atoms with van der Waals surface area (Å²) in [7, 11) is 0. The second kappa shape index (κ2) is 11.4. The highest BCUT2D eigenvalue weighted by molar-refractivity contribution is 4.82. The summed E-state index contributed by atoms with van der Waals surface area (Å²) in [6, 6.07) is 0. The van der Waals surface area contributed by atoms with Gasteiger partial charge >= 0.3 is 0 Å². The third-order valence-corrected chi connectivity index (χ3v) is 2.97. The fraction of sp³-hybridized carbons (Fsp3) is 0.929. The lowest BCUT2D eigenvalue weighted by molar-refractivity contribution is 0.127. The minimum Gasteiger partial charge on any atom is -0.393 e. The van der Waals surface area contributed by atoms with Gasteiger partial charge in [-0.1, -0.05) is 58.8 Å². The highest BCUT2D eigenvalue weighted by Gasteiger charge is 2.09. The molecule has 0 aromatic heterocycles. The Hall–Kier alpha value is -0.0800. The first-order chi connectivity index (χ1) is 7.70. The van der Waals surface area contributed by atoms with Crippen molar-refractivity contribution in [3.8, 4) is 0 Å². The predicted octanol–water partition coefficient (Wildman–Crippen LogP) is 3.46. The Morgan fingerprint density at radius 3 is 1.94 bits per heavy atom. The zero-order chi connectivity index (χ0) is 12.2. The number of hydrogen-bond donors (Lipinski definition) is 2. The molecule has 1 radical (unpaired) electrons. The van der Waals surface area contributed by atoms with Crippen LogP contribution in [-0.4, -0.2) is 22.4 Å². The lowest BCUT2D eigenvalue weighted by atomic mass is 10.0. The van der Waals surface area contributed by atoms with Crippen LogP contribution in [0.15, 0.2) is 0 Å². The number of rotatable bonds is 11. The quantitative estimate of drug-likeness (QED) is 0.533. The number of unbranched alkanes of at least 4 members (excludes halogenated alkanes) is 6. The van der Waals surface area contributed by atoms with Gasteiger partial charge in [0, 0.05) is 6.42 Å². The SMILES string of the molecule is CCCCCCCCCC(O)[CH]C(O)CC. The third-order valence-electron chi connectivity index (χ3n) is 2.97. The van der Waals surface area contributed by atoms with Crippen molar-refractivity contribution in [2.45, 2.75) is 83.8 Å². The molecule has 97 valence electrons. The van der Waals surface area contributed by atoms with Gasteiger partial charge in [0.2, 0.25) is 0 Å². The Bertz CT molecular complexity index is 137. The van der Waals surface area contributed by atoms with E-state index in [9.17, 15) is 10.2 Å². The molecule has 0 aromatic rings. The maximum Gasteiger partial charge on any atom is 0.0597 e. The molecule has 0 rings (SSSR count). The van der Waals surface area contributed by atoms with E-state index in [2.05, 4.69) is 6.92 Å². The summed E-state index contributed by atoms with van der Waals surface area (Å²) in [6.45, 7) is 4.15. The summed E-state index contributed by atoms with van der Waals surface area (Å²) in [5, 5.41) is 18.9. The van der Waals surface area contributed by atoms with Gasteiger partial charge < -0.3 is 10.2 Å². The van der Waals surface area contributed by atoms with Crippen molar-refractivity contribution in [3.63, 3.8) is 0 Å². The van der Waals surface area contributed by atoms with Crippen molar-refractivity contribution in [3.05, 3.63) is 6.42 Å². The summed E-state index contributed by atoms with van der Waals surface area (Å²) in [4.78, 5) is 0. The van der Waals surface area contributed by atoms with Crippen molar-refractivity contribution in [1.82, 2.24) is 0 Å². The van der Waals surface area contributed by atoms with Crippen LogP contribution in [0.3, 0.4) is 0 Å². The molecule has 2 nitrogen and oxygen atoms in total. The van der Waals surface area contributed by atoms with E-state index in [0.717, 1.165) is 12.8 Å². The summed E-state index contributed by atoms with van der Waals surface area (Å²) < 4.78 is 0. The van der Waals surface area contributed by atoms with Crippen molar-refractivity contribution in [2.75, 3.05) is 0 Å². The first kappa shape index (κ1) is 15.9. The molecule has 0 spiro atoms. The monoisotopic (exact) mass is 229 g/mol. The standard InChI is InChI=1S/C14H29O2/c1-3-5-6-7-8-9-10-11-14(16)12-13(15)4-2/h12-16H,3-11H2,1-2H3. The van der Waals surface area contributed by atoms with Crippen LogP contribution in [0, 0.1) is 6.42 Å². The zero-order valence-electron chi connectivity index (χ0n) is 11.0. The average molecular weight is 229 g/mol. The van der Waals surface area contributed by atoms with Crippen LogP contribution in [0.4, 0.5) is 0 Å². The van der Waals surface area contributed by atoms with E-state index >= 15 is 0 Å². The van der Waals surface area contributed by atoms with Crippen LogP contribution < -0.4 is 0 Å². The molecular weight excluding hydrogens is 200 g/mol. The number of aliphatic hydroxyl groups is 2. The molecule has 0 fully saturated rings. The van der Waals surface area contributed by atoms with E-state index in [1.54, 1.807) is 6.42 Å². The molecule has 2 heteroatoms. The lowest BCUT2D eigenvalue weighted by Gasteiger charge is -2.13. The molecule has 2 atom stereocenters. The number of aliphatic hydroxyl groups excluding tert-OH is 2. The first-order valence-electron chi connectivity index (χ1n) is 6.91. The molecular formula is C14H29O2. The molecule has 0 bridgehead atoms. The smallest absolute Gasteiger partial charge is 0.0597 e. The molecule has 0 heterocycles. The third kappa shape index (κ3) is 10.4. The Balaban J connectivity index is 3.18. The van der Waals surface area contributed by atoms with Gasteiger partial charge in [-0.2, -0.15) is 0 Å². The molecule has 16 heavy (non-hydrogen) atoms. The van der Waals surface area contributed by atoms with Crippen LogP contribution in [0.5, 0.6) is 0 Å². The van der Waals surface area contributed by atoms with Crippen molar-refractivity contribution in [1.29, 1.82) is 0 Å². The second-order valence-corrected chi connectivity index (χ2v) is 4.65. The average Bonchev–Trinajstić information content (AvgIpc) is 2.27. The fourth-order valence-corrected chi connectivity index (χ4v) is 1.80. The predicted molar refractivity (Wildman–Crippen MR) is 69.2 cm³/mol. The highest BCUT2D eigenvalue weighted by Crippen LogP contribution is 2.12. The molecule has 0 amide bonds. The lowest BCUT2D eigenvalue weighted by Crippen LogP contribution is -2.17. The topological polar surface area (TPSA) is 40.5 Å². The summed E-state index contributed by atoms with van der Waals surface area (Å²) >= 11 is 0. The summed E-state index contributed by atoms with van der Waals surface area (Å²) in [6.07, 6.45) is 11.1. The summed E-state index contributed by atoms with van der Waals surface area (Å²) in [5.74, 6) is 0. The molecule has 0 aromatic carbocycles. The maximum absolute atomic E-state index is 9.58. The molecule has 0 saturated heterocycles. The van der Waals surface area contributed by atoms with Crippen molar-refractivity contribution >= 4 is 0 Å². The van der Waals surface area contributed by atoms with Gasteiger partial charge in [0.15, 0.2) is 0 Å². The van der Waals surface area contributed by atoms with E-state index in [0.29, 0.717) is 6.42 Å². The maximum atomic E-state index is 9.58. The molecule has 2 unspecified atom stereocenters. The second-order valence-electron chi connectivity index (χ2n) is 4.65. The van der Waals surface area contributed by atoms with Gasteiger partial charge in [-0.25, -0.2) is 0 Å². The van der Waals surface area contributed by atoms with Gasteiger partial charge in [0.05, 0.1) is 12.2 Å². The van der Waals surface area contributed by atoms with Gasteiger partial charge in [0.1, 0.15) is 0 Å². The highest BCUT2D eigenvalue weighted by atomic mass is 16.3. The minimum atomic E-state index is -0.445. The fourth-order valence-electron chi connectivity index (χ4n) is 1.80. The molecule has 0 saturated carbocycles. The van der Waals surface area contributed by atoms with Gasteiger partial charge in [0.25, 0.3) is 0 Å². The molecule has 0 aliphatic heterocycles. The van der Waals surface area contributed by atoms with Crippen LogP contribution in [0.25, 0.3) is 0 Å². The zero-order valence-corrected chi connectivity index (χ0v) is 11.0. The van der Waals surface area contributed by atoms with E-state index in [1.165, 1.54) is 38.5 Å². The van der Waals surface area contributed by atoms with Gasteiger partial charge in [-0.3, -0.25) is 0 Å². The molecule has 0 aliphatic carbocycles. The van der Waals surface area contributed by atoms with E-state index in [-0.39, 0.29) is 0 Å². The van der Waals surface area contributed by atoms with Crippen LogP contribution in [0.2, 0.25) is 0 Å². The molecule has 0 aliphatic rings. The van der Waals surface area contributed by atoms with E-state index in [4.69, 9.17) is 0 Å². The normalized spacial score (nSPS) is 15.0. The van der Waals surface area contributed by atoms with Gasteiger partial charge in [-0.15, -0.1) is 0 Å². The van der Waals surface area contributed by atoms with Crippen LogP contribution >= 0.6 is 0 Å². The van der Waals surface area contributed by atoms with Gasteiger partial charge in [-0.05, 0) is 12.8 Å². The Morgan fingerprint density at radius 1 is 0.812 bits per heavy atom. The summed E-state index contributed by atoms with van der Waals surface area (Å²) in [5.41, 5.74) is 0. The first-order valence-corrected chi connectivity index (χ1v) is 6.91. The van der Waals surface area contributed by atoms with E-state index in [1.807, 2.05) is 6.92 Å². The van der Waals surface area contributed by atoms with Crippen LogP contribution in [0.1, 0.15) is 71.6 Å². The number of hydrogen-bond acceptors (Lipinski definition) is 2. The Kier molecular flexibility index (Phi) is 11.3. The Morgan fingerprint density at radius 2 is 1.38 bits per heavy atom. The Labute approximate surface area is 101 Å². The molecule has 2 N–H and O–H groups in total. The van der Waals surface area contributed by atoms with Crippen LogP contribution in [-0.2, 0) is 0 Å². The largest absolute Gasteiger partial charge is 0.393 e.